The molecule has 7 rings (SSSR count). The van der Waals surface area contributed by atoms with Crippen molar-refractivity contribution in [3.63, 3.8) is 0 Å². The summed E-state index contributed by atoms with van der Waals surface area (Å²) in [5.41, 5.74) is 12.5. The van der Waals surface area contributed by atoms with Crippen molar-refractivity contribution in [3.05, 3.63) is 133 Å². The molecule has 1 aliphatic rings. The summed E-state index contributed by atoms with van der Waals surface area (Å²) < 4.78 is 0. The maximum absolute atomic E-state index is 4.24. The number of pyridine rings is 1. The molecule has 2 nitrogen and oxygen atoms in total. The smallest absolute Gasteiger partial charge is 0.0492 e. The van der Waals surface area contributed by atoms with Crippen molar-refractivity contribution in [2.75, 3.05) is 4.90 Å². The van der Waals surface area contributed by atoms with Crippen molar-refractivity contribution in [1.29, 1.82) is 0 Å². The molecule has 0 bridgehead atoms. The van der Waals surface area contributed by atoms with Crippen LogP contribution >= 0.6 is 0 Å². The Balaban J connectivity index is 1.44. The molecule has 0 spiro atoms. The number of aromatic nitrogens is 1. The second kappa shape index (κ2) is 8.21. The van der Waals surface area contributed by atoms with E-state index in [2.05, 4.69) is 132 Å². The minimum absolute atomic E-state index is 1.08. The molecule has 0 saturated heterocycles. The van der Waals surface area contributed by atoms with Crippen LogP contribution in [-0.4, -0.2) is 4.98 Å². The van der Waals surface area contributed by atoms with E-state index in [0.29, 0.717) is 0 Å². The van der Waals surface area contributed by atoms with Crippen LogP contribution in [0.3, 0.4) is 0 Å². The van der Waals surface area contributed by atoms with Gasteiger partial charge in [-0.25, -0.2) is 0 Å². The zero-order chi connectivity index (χ0) is 24.1. The van der Waals surface area contributed by atoms with E-state index in [1.54, 1.807) is 0 Å². The number of para-hydroxylation sites is 1. The fourth-order valence-corrected chi connectivity index (χ4v) is 5.69. The van der Waals surface area contributed by atoms with E-state index < -0.39 is 0 Å². The Kier molecular flexibility index (Phi) is 4.71. The van der Waals surface area contributed by atoms with Crippen LogP contribution in [-0.2, 0) is 0 Å². The van der Waals surface area contributed by atoms with Gasteiger partial charge in [0.2, 0.25) is 0 Å². The third-order valence-electron chi connectivity index (χ3n) is 7.20. The van der Waals surface area contributed by atoms with Crippen LogP contribution in [0, 0.1) is 6.92 Å². The lowest BCUT2D eigenvalue weighted by Crippen LogP contribution is -2.09. The molecule has 170 valence electrons. The monoisotopic (exact) mass is 460 g/mol. The average Bonchev–Trinajstić information content (AvgIpc) is 3.28. The maximum Gasteiger partial charge on any atom is 0.0492 e. The summed E-state index contributed by atoms with van der Waals surface area (Å²) in [7, 11) is 0. The Morgan fingerprint density at radius 1 is 0.528 bits per heavy atom. The third-order valence-corrected chi connectivity index (χ3v) is 7.20. The molecule has 0 amide bonds. The standard InChI is InChI=1S/C34H24N2/c1-23-21-32(31-16-8-15-30-28-13-5-6-14-29(28)33(23)34(30)31)24-9-7-12-27(22-24)36(25-10-3-2-4-11-25)26-17-19-35-20-18-26/h2-22H,1H3. The maximum atomic E-state index is 4.24. The van der Waals surface area contributed by atoms with Gasteiger partial charge in [-0.05, 0) is 93.0 Å². The highest BCUT2D eigenvalue weighted by Crippen LogP contribution is 2.51. The van der Waals surface area contributed by atoms with E-state index in [-0.39, 0.29) is 0 Å². The first-order chi connectivity index (χ1) is 17.8. The van der Waals surface area contributed by atoms with E-state index in [4.69, 9.17) is 0 Å². The Hall–Kier alpha value is -4.69. The van der Waals surface area contributed by atoms with Gasteiger partial charge in [0, 0.05) is 29.5 Å². The molecule has 0 fully saturated rings. The van der Waals surface area contributed by atoms with E-state index in [9.17, 15) is 0 Å². The molecule has 6 aromatic rings. The summed E-state index contributed by atoms with van der Waals surface area (Å²) in [6.07, 6.45) is 3.69. The predicted octanol–water partition coefficient (Wildman–Crippen LogP) is 9.33. The number of benzene rings is 5. The lowest BCUT2D eigenvalue weighted by molar-refractivity contribution is 1.24. The van der Waals surface area contributed by atoms with E-state index in [0.717, 1.165) is 17.1 Å². The highest BCUT2D eigenvalue weighted by molar-refractivity contribution is 6.19. The second-order valence-corrected chi connectivity index (χ2v) is 9.32. The minimum atomic E-state index is 1.08. The molecule has 1 aliphatic carbocycles. The van der Waals surface area contributed by atoms with Crippen molar-refractivity contribution in [2.24, 2.45) is 0 Å². The van der Waals surface area contributed by atoms with E-state index in [1.165, 1.54) is 49.7 Å². The summed E-state index contributed by atoms with van der Waals surface area (Å²) >= 11 is 0. The summed E-state index contributed by atoms with van der Waals surface area (Å²) in [6, 6.07) is 41.4. The molecular weight excluding hydrogens is 436 g/mol. The largest absolute Gasteiger partial charge is 0.310 e. The Labute approximate surface area is 211 Å². The second-order valence-electron chi connectivity index (χ2n) is 9.32. The van der Waals surface area contributed by atoms with Gasteiger partial charge in [-0.2, -0.15) is 0 Å². The molecule has 0 aliphatic heterocycles. The molecule has 0 saturated carbocycles. The van der Waals surface area contributed by atoms with E-state index in [1.807, 2.05) is 12.4 Å². The van der Waals surface area contributed by atoms with Gasteiger partial charge in [0.25, 0.3) is 0 Å². The van der Waals surface area contributed by atoms with Crippen molar-refractivity contribution < 1.29 is 0 Å². The van der Waals surface area contributed by atoms with Crippen LogP contribution < -0.4 is 4.90 Å². The summed E-state index contributed by atoms with van der Waals surface area (Å²) in [5, 5.41) is 2.67. The van der Waals surface area contributed by atoms with Crippen molar-refractivity contribution in [1.82, 2.24) is 4.98 Å². The first kappa shape index (κ1) is 20.7. The number of hydrogen-bond donors (Lipinski definition) is 0. The Morgan fingerprint density at radius 2 is 1.19 bits per heavy atom. The quantitative estimate of drug-likeness (QED) is 0.260. The zero-order valence-electron chi connectivity index (χ0n) is 20.0. The number of aryl methyl sites for hydroxylation is 1. The van der Waals surface area contributed by atoms with Gasteiger partial charge in [-0.15, -0.1) is 0 Å². The zero-order valence-corrected chi connectivity index (χ0v) is 20.0. The van der Waals surface area contributed by atoms with Crippen LogP contribution in [0.2, 0.25) is 0 Å². The first-order valence-corrected chi connectivity index (χ1v) is 12.3. The van der Waals surface area contributed by atoms with Crippen molar-refractivity contribution >= 4 is 27.8 Å². The molecule has 0 N–H and O–H groups in total. The number of rotatable bonds is 4. The minimum Gasteiger partial charge on any atom is -0.310 e. The van der Waals surface area contributed by atoms with Crippen LogP contribution in [0.5, 0.6) is 0 Å². The molecule has 36 heavy (non-hydrogen) atoms. The highest BCUT2D eigenvalue weighted by Gasteiger charge is 2.24. The number of anilines is 3. The lowest BCUT2D eigenvalue weighted by atomic mass is 9.91. The fraction of sp³-hybridized carbons (Fsp3) is 0.0294. The number of fused-ring (bicyclic) bond motifs is 3. The fourth-order valence-electron chi connectivity index (χ4n) is 5.69. The molecule has 0 radical (unpaired) electrons. The van der Waals surface area contributed by atoms with Gasteiger partial charge in [0.05, 0.1) is 0 Å². The molecule has 1 heterocycles. The first-order valence-electron chi connectivity index (χ1n) is 12.3. The van der Waals surface area contributed by atoms with Crippen molar-refractivity contribution in [3.8, 4) is 33.4 Å². The molecule has 0 atom stereocenters. The van der Waals surface area contributed by atoms with Crippen molar-refractivity contribution in [2.45, 2.75) is 6.92 Å². The Morgan fingerprint density at radius 3 is 2.03 bits per heavy atom. The molecule has 1 aromatic heterocycles. The predicted molar refractivity (Wildman–Crippen MR) is 151 cm³/mol. The van der Waals surface area contributed by atoms with Gasteiger partial charge >= 0.3 is 0 Å². The normalized spacial score (nSPS) is 11.5. The third kappa shape index (κ3) is 3.15. The molecule has 2 heteroatoms. The SMILES string of the molecule is Cc1cc(-c2cccc(N(c3ccccc3)c3ccncc3)c2)c2cccc3c2c1-c1ccccc1-3. The topological polar surface area (TPSA) is 16.1 Å². The molecule has 0 unspecified atom stereocenters. The van der Waals surface area contributed by atoms with Crippen LogP contribution in [0.1, 0.15) is 5.56 Å². The van der Waals surface area contributed by atoms with Crippen LogP contribution in [0.15, 0.2) is 128 Å². The van der Waals surface area contributed by atoms with Gasteiger partial charge in [-0.3, -0.25) is 4.98 Å². The summed E-state index contributed by atoms with van der Waals surface area (Å²) in [5.74, 6) is 0. The van der Waals surface area contributed by atoms with Gasteiger partial charge in [-0.1, -0.05) is 78.9 Å². The lowest BCUT2D eigenvalue weighted by Gasteiger charge is -2.26. The highest BCUT2D eigenvalue weighted by atomic mass is 15.1. The Bertz CT molecular complexity index is 1700. The summed E-state index contributed by atoms with van der Waals surface area (Å²) in [4.78, 5) is 6.52. The van der Waals surface area contributed by atoms with Crippen LogP contribution in [0.4, 0.5) is 17.1 Å². The molecular formula is C34H24N2. The van der Waals surface area contributed by atoms with E-state index >= 15 is 0 Å². The van der Waals surface area contributed by atoms with Gasteiger partial charge in [0.1, 0.15) is 0 Å². The molecule has 5 aromatic carbocycles. The average molecular weight is 461 g/mol. The van der Waals surface area contributed by atoms with Gasteiger partial charge in [0.15, 0.2) is 0 Å². The van der Waals surface area contributed by atoms with Gasteiger partial charge < -0.3 is 4.90 Å². The number of hydrogen-bond acceptors (Lipinski definition) is 2. The summed E-state index contributed by atoms with van der Waals surface area (Å²) in [6.45, 7) is 2.24. The number of nitrogens with zero attached hydrogens (tertiary/aromatic N) is 2. The van der Waals surface area contributed by atoms with Crippen LogP contribution in [0.25, 0.3) is 44.2 Å².